The molecule has 1 heteroatoms. The Morgan fingerprint density at radius 2 is 1.58 bits per heavy atom. The first-order chi connectivity index (χ1) is 5.54. The molecule has 0 N–H and O–H groups in total. The third-order valence-electron chi connectivity index (χ3n) is 3.19. The molecule has 1 aliphatic carbocycles. The van der Waals surface area contributed by atoms with Crippen LogP contribution in [0.3, 0.4) is 0 Å². The molecular weight excluding hydrogens is 148 g/mol. The Kier molecular flexibility index (Phi) is 2.92. The van der Waals surface area contributed by atoms with Gasteiger partial charge in [-0.1, -0.05) is 20.8 Å². The molecule has 1 fully saturated rings. The van der Waals surface area contributed by atoms with Gasteiger partial charge in [-0.3, -0.25) is 0 Å². The average Bonchev–Trinajstić information content (AvgIpc) is 2.03. The molecule has 0 aromatic heterocycles. The molecule has 0 aliphatic heterocycles. The fourth-order valence-electron chi connectivity index (χ4n) is 2.12. The molecule has 0 aromatic rings. The van der Waals surface area contributed by atoms with Crippen molar-refractivity contribution in [1.82, 2.24) is 0 Å². The van der Waals surface area contributed by atoms with Crippen molar-refractivity contribution in [2.45, 2.75) is 46.5 Å². The quantitative estimate of drug-likeness (QED) is 0.550. The smallest absolute Gasteiger partial charge is 0.123 e. The van der Waals surface area contributed by atoms with E-state index in [9.17, 15) is 4.79 Å². The Labute approximate surface area is 75.5 Å². The summed E-state index contributed by atoms with van der Waals surface area (Å²) in [6.45, 7) is 6.91. The van der Waals surface area contributed by atoms with E-state index in [1.54, 1.807) is 0 Å². The lowest BCUT2D eigenvalue weighted by molar-refractivity contribution is -0.112. The first-order valence-electron chi connectivity index (χ1n) is 4.99. The van der Waals surface area contributed by atoms with Crippen LogP contribution in [0.2, 0.25) is 0 Å². The van der Waals surface area contributed by atoms with Gasteiger partial charge in [0.1, 0.15) is 6.29 Å². The summed E-state index contributed by atoms with van der Waals surface area (Å²) in [5.74, 6) is 1.19. The summed E-state index contributed by atoms with van der Waals surface area (Å²) in [7, 11) is 0. The zero-order chi connectivity index (χ0) is 9.19. The molecule has 0 bridgehead atoms. The molecule has 0 radical (unpaired) electrons. The number of aldehydes is 1. The predicted molar refractivity (Wildman–Crippen MR) is 51.0 cm³/mol. The Balaban J connectivity index is 2.41. The van der Waals surface area contributed by atoms with E-state index in [0.29, 0.717) is 11.3 Å². The summed E-state index contributed by atoms with van der Waals surface area (Å²) in [6.07, 6.45) is 5.86. The van der Waals surface area contributed by atoms with Crippen LogP contribution in [0.4, 0.5) is 0 Å². The van der Waals surface area contributed by atoms with E-state index >= 15 is 0 Å². The van der Waals surface area contributed by atoms with Gasteiger partial charge in [-0.05, 0) is 37.0 Å². The van der Waals surface area contributed by atoms with Gasteiger partial charge in [0.2, 0.25) is 0 Å². The average molecular weight is 168 g/mol. The van der Waals surface area contributed by atoms with Crippen LogP contribution in [0.25, 0.3) is 0 Å². The monoisotopic (exact) mass is 168 g/mol. The highest BCUT2D eigenvalue weighted by Gasteiger charge is 2.29. The van der Waals surface area contributed by atoms with E-state index in [2.05, 4.69) is 20.8 Å². The van der Waals surface area contributed by atoms with Crippen LogP contribution in [0.1, 0.15) is 46.5 Å². The third kappa shape index (κ3) is 2.33. The number of hydrogen-bond acceptors (Lipinski definition) is 1. The van der Waals surface area contributed by atoms with Crippen molar-refractivity contribution in [2.24, 2.45) is 17.3 Å². The minimum Gasteiger partial charge on any atom is -0.303 e. The van der Waals surface area contributed by atoms with Crippen molar-refractivity contribution in [2.75, 3.05) is 0 Å². The van der Waals surface area contributed by atoms with E-state index in [1.807, 2.05) is 0 Å². The first-order valence-corrected chi connectivity index (χ1v) is 4.99. The van der Waals surface area contributed by atoms with E-state index < -0.39 is 0 Å². The maximum Gasteiger partial charge on any atom is 0.123 e. The molecule has 1 saturated carbocycles. The molecule has 0 aromatic carbocycles. The van der Waals surface area contributed by atoms with Crippen molar-refractivity contribution < 1.29 is 4.79 Å². The highest BCUT2D eigenvalue weighted by Crippen LogP contribution is 2.39. The number of carbonyl (C=O) groups excluding carboxylic acids is 1. The second kappa shape index (κ2) is 3.59. The van der Waals surface area contributed by atoms with Crippen molar-refractivity contribution in [3.8, 4) is 0 Å². The van der Waals surface area contributed by atoms with E-state index in [-0.39, 0.29) is 0 Å². The van der Waals surface area contributed by atoms with Gasteiger partial charge in [-0.15, -0.1) is 0 Å². The van der Waals surface area contributed by atoms with Gasteiger partial charge in [0.25, 0.3) is 0 Å². The zero-order valence-corrected chi connectivity index (χ0v) is 8.47. The number of carbonyl (C=O) groups is 1. The van der Waals surface area contributed by atoms with E-state index in [4.69, 9.17) is 0 Å². The minimum absolute atomic E-state index is 0.364. The lowest BCUT2D eigenvalue weighted by Crippen LogP contribution is -2.26. The van der Waals surface area contributed by atoms with Crippen molar-refractivity contribution in [3.63, 3.8) is 0 Å². The Morgan fingerprint density at radius 3 is 1.92 bits per heavy atom. The van der Waals surface area contributed by atoms with Gasteiger partial charge in [0.15, 0.2) is 0 Å². The molecule has 70 valence electrons. The molecule has 1 aliphatic rings. The maximum absolute atomic E-state index is 10.5. The molecule has 0 unspecified atom stereocenters. The molecule has 1 rings (SSSR count). The normalized spacial score (nSPS) is 31.6. The van der Waals surface area contributed by atoms with Gasteiger partial charge in [0.05, 0.1) is 0 Å². The highest BCUT2D eigenvalue weighted by atomic mass is 16.1. The Bertz CT molecular complexity index is 147. The highest BCUT2D eigenvalue weighted by molar-refractivity contribution is 5.53. The molecule has 0 amide bonds. The lowest BCUT2D eigenvalue weighted by Gasteiger charge is -2.35. The topological polar surface area (TPSA) is 17.1 Å². The van der Waals surface area contributed by atoms with E-state index in [1.165, 1.54) is 12.8 Å². The maximum atomic E-state index is 10.5. The molecule has 0 spiro atoms. The molecule has 0 heterocycles. The summed E-state index contributed by atoms with van der Waals surface area (Å²) in [5.41, 5.74) is 0.438. The van der Waals surface area contributed by atoms with Crippen LogP contribution in [-0.2, 0) is 4.79 Å². The molecule has 0 atom stereocenters. The fraction of sp³-hybridized carbons (Fsp3) is 0.909. The van der Waals surface area contributed by atoms with Crippen molar-refractivity contribution in [1.29, 1.82) is 0 Å². The predicted octanol–water partition coefficient (Wildman–Crippen LogP) is 3.04. The van der Waals surface area contributed by atoms with Gasteiger partial charge >= 0.3 is 0 Å². The summed E-state index contributed by atoms with van der Waals surface area (Å²) in [4.78, 5) is 10.5. The largest absolute Gasteiger partial charge is 0.303 e. The SMILES string of the molecule is CC(C)(C)[C@H]1CC[C@@H](C=O)CC1. The summed E-state index contributed by atoms with van der Waals surface area (Å²) in [5, 5.41) is 0. The number of rotatable bonds is 1. The lowest BCUT2D eigenvalue weighted by atomic mass is 9.70. The summed E-state index contributed by atoms with van der Waals surface area (Å²) >= 11 is 0. The molecule has 0 saturated heterocycles. The van der Waals surface area contributed by atoms with Gasteiger partial charge in [0, 0.05) is 5.92 Å². The van der Waals surface area contributed by atoms with Gasteiger partial charge in [-0.25, -0.2) is 0 Å². The molecular formula is C11H20O. The van der Waals surface area contributed by atoms with Crippen molar-refractivity contribution in [3.05, 3.63) is 0 Å². The van der Waals surface area contributed by atoms with Crippen molar-refractivity contribution >= 4 is 6.29 Å². The minimum atomic E-state index is 0.364. The standard InChI is InChI=1S/C11H20O/c1-11(2,3)10-6-4-9(8-12)5-7-10/h8-10H,4-7H2,1-3H3/t9-,10+. The molecule has 1 nitrogen and oxygen atoms in total. The van der Waals surface area contributed by atoms with Crippen LogP contribution in [0.15, 0.2) is 0 Å². The second-order valence-electron chi connectivity index (χ2n) is 5.11. The van der Waals surface area contributed by atoms with Crippen LogP contribution in [0, 0.1) is 17.3 Å². The fourth-order valence-corrected chi connectivity index (χ4v) is 2.12. The zero-order valence-electron chi connectivity index (χ0n) is 8.47. The van der Waals surface area contributed by atoms with Crippen LogP contribution in [0.5, 0.6) is 0 Å². The Hall–Kier alpha value is -0.330. The second-order valence-corrected chi connectivity index (χ2v) is 5.11. The molecule has 12 heavy (non-hydrogen) atoms. The first kappa shape index (κ1) is 9.76. The Morgan fingerprint density at radius 1 is 1.08 bits per heavy atom. The van der Waals surface area contributed by atoms with Crippen LogP contribution in [-0.4, -0.2) is 6.29 Å². The van der Waals surface area contributed by atoms with E-state index in [0.717, 1.165) is 25.0 Å². The van der Waals surface area contributed by atoms with Crippen LogP contribution >= 0.6 is 0 Å². The number of hydrogen-bond donors (Lipinski definition) is 0. The third-order valence-corrected chi connectivity index (χ3v) is 3.19. The van der Waals surface area contributed by atoms with Gasteiger partial charge < -0.3 is 4.79 Å². The summed E-state index contributed by atoms with van der Waals surface area (Å²) < 4.78 is 0. The summed E-state index contributed by atoms with van der Waals surface area (Å²) in [6, 6.07) is 0. The van der Waals surface area contributed by atoms with Gasteiger partial charge in [-0.2, -0.15) is 0 Å². The van der Waals surface area contributed by atoms with Crippen LogP contribution < -0.4 is 0 Å².